The minimum Gasteiger partial charge on any atom is -0.327 e. The van der Waals surface area contributed by atoms with Gasteiger partial charge in [0.25, 0.3) is 11.8 Å². The molecule has 0 radical (unpaired) electrons. The minimum absolute atomic E-state index is 0.0418. The average Bonchev–Trinajstić information content (AvgIpc) is 2.85. The fraction of sp³-hybridized carbons (Fsp3) is 0. The van der Waals surface area contributed by atoms with E-state index >= 15 is 0 Å². The van der Waals surface area contributed by atoms with E-state index in [0.29, 0.717) is 21.2 Å². The summed E-state index contributed by atoms with van der Waals surface area (Å²) in [6.07, 6.45) is 1.56. The summed E-state index contributed by atoms with van der Waals surface area (Å²) < 4.78 is 0. The maximum absolute atomic E-state index is 12.5. The highest BCUT2D eigenvalue weighted by Gasteiger charge is 2.36. The van der Waals surface area contributed by atoms with Crippen LogP contribution in [-0.4, -0.2) is 21.8 Å². The average molecular weight is 377 g/mol. The van der Waals surface area contributed by atoms with Crippen molar-refractivity contribution in [2.45, 2.75) is 0 Å². The number of carbonyl (C=O) groups excluding carboxylic acids is 2. The molecule has 2 amide bonds. The van der Waals surface area contributed by atoms with Crippen molar-refractivity contribution in [3.63, 3.8) is 0 Å². The summed E-state index contributed by atoms with van der Waals surface area (Å²) in [5, 5.41) is 3.59. The lowest BCUT2D eigenvalue weighted by atomic mass is 10.2. The Bertz CT molecular complexity index is 881. The van der Waals surface area contributed by atoms with Gasteiger partial charge in [0.1, 0.15) is 5.70 Å². The number of carbonyl (C=O) groups is 2. The van der Waals surface area contributed by atoms with Crippen LogP contribution in [0.3, 0.4) is 0 Å². The van der Waals surface area contributed by atoms with Crippen molar-refractivity contribution in [1.82, 2.24) is 10.2 Å². The van der Waals surface area contributed by atoms with Gasteiger partial charge in [-0.05, 0) is 48.1 Å². The number of thiocarbonyl (C=S) groups is 1. The van der Waals surface area contributed by atoms with Crippen LogP contribution in [0, 0.1) is 0 Å². The molecule has 2 aromatic rings. The topological polar surface area (TPSA) is 49.4 Å². The summed E-state index contributed by atoms with van der Waals surface area (Å²) in [4.78, 5) is 25.9. The molecule has 0 spiro atoms. The molecule has 24 heavy (non-hydrogen) atoms. The molecule has 0 aromatic heterocycles. The van der Waals surface area contributed by atoms with E-state index in [1.54, 1.807) is 54.6 Å². The molecule has 0 unspecified atom stereocenters. The smallest absolute Gasteiger partial charge is 0.283 e. The Kier molecular flexibility index (Phi) is 4.66. The standard InChI is InChI=1S/C17H10Cl2N2O2S/c18-12-7-6-10(8-13(12)19)9-14-16(23)21(17(24)20-14)15(22)11-4-2-1-3-5-11/h1-9H,(H,20,24)/b14-9+. The number of nitrogens with one attached hydrogen (secondary N) is 1. The van der Waals surface area contributed by atoms with Crippen LogP contribution < -0.4 is 5.32 Å². The first-order valence-corrected chi connectivity index (χ1v) is 8.05. The molecule has 0 bridgehead atoms. The molecule has 4 nitrogen and oxygen atoms in total. The molecule has 1 saturated heterocycles. The highest BCUT2D eigenvalue weighted by molar-refractivity contribution is 7.80. The lowest BCUT2D eigenvalue weighted by Gasteiger charge is -2.11. The van der Waals surface area contributed by atoms with E-state index in [1.165, 1.54) is 0 Å². The lowest BCUT2D eigenvalue weighted by Crippen LogP contribution is -2.36. The van der Waals surface area contributed by atoms with Gasteiger partial charge in [0.05, 0.1) is 10.0 Å². The van der Waals surface area contributed by atoms with E-state index in [9.17, 15) is 9.59 Å². The van der Waals surface area contributed by atoms with Gasteiger partial charge in [-0.25, -0.2) is 4.90 Å². The van der Waals surface area contributed by atoms with Crippen LogP contribution in [0.4, 0.5) is 0 Å². The van der Waals surface area contributed by atoms with Gasteiger partial charge >= 0.3 is 0 Å². The van der Waals surface area contributed by atoms with Crippen molar-refractivity contribution >= 4 is 58.4 Å². The van der Waals surface area contributed by atoms with Crippen molar-refractivity contribution in [2.24, 2.45) is 0 Å². The first-order valence-electron chi connectivity index (χ1n) is 6.89. The van der Waals surface area contributed by atoms with E-state index in [4.69, 9.17) is 35.4 Å². The van der Waals surface area contributed by atoms with E-state index in [0.717, 1.165) is 4.90 Å². The van der Waals surface area contributed by atoms with Crippen LogP contribution in [0.25, 0.3) is 6.08 Å². The van der Waals surface area contributed by atoms with Gasteiger partial charge in [-0.3, -0.25) is 9.59 Å². The summed E-state index contributed by atoms with van der Waals surface area (Å²) in [6, 6.07) is 13.4. The summed E-state index contributed by atoms with van der Waals surface area (Å²) >= 11 is 17.0. The van der Waals surface area contributed by atoms with E-state index in [1.807, 2.05) is 0 Å². The van der Waals surface area contributed by atoms with Crippen LogP contribution in [0.2, 0.25) is 10.0 Å². The molecule has 1 fully saturated rings. The first-order chi connectivity index (χ1) is 11.5. The summed E-state index contributed by atoms with van der Waals surface area (Å²) in [7, 11) is 0. The third-order valence-corrected chi connectivity index (χ3v) is 4.38. The number of rotatable bonds is 2. The van der Waals surface area contributed by atoms with E-state index < -0.39 is 11.8 Å². The SMILES string of the molecule is O=C1/C(=C\c2ccc(Cl)c(Cl)c2)NC(=S)N1C(=O)c1ccccc1. The second kappa shape index (κ2) is 6.73. The fourth-order valence-electron chi connectivity index (χ4n) is 2.20. The Hall–Kier alpha value is -2.21. The van der Waals surface area contributed by atoms with Crippen LogP contribution in [0.1, 0.15) is 15.9 Å². The molecule has 0 atom stereocenters. The quantitative estimate of drug-likeness (QED) is 0.490. The van der Waals surface area contributed by atoms with Gasteiger partial charge < -0.3 is 5.32 Å². The Morgan fingerprint density at radius 2 is 1.79 bits per heavy atom. The first kappa shape index (κ1) is 16.6. The van der Waals surface area contributed by atoms with Crippen molar-refractivity contribution < 1.29 is 9.59 Å². The van der Waals surface area contributed by atoms with Gasteiger partial charge in [-0.2, -0.15) is 0 Å². The molecular weight excluding hydrogens is 367 g/mol. The summed E-state index contributed by atoms with van der Waals surface area (Å²) in [5.74, 6) is -0.990. The Balaban J connectivity index is 1.90. The third kappa shape index (κ3) is 3.19. The highest BCUT2D eigenvalue weighted by Crippen LogP contribution is 2.24. The molecule has 1 heterocycles. The van der Waals surface area contributed by atoms with Crippen LogP contribution in [-0.2, 0) is 4.79 Å². The monoisotopic (exact) mass is 376 g/mol. The number of amides is 2. The Morgan fingerprint density at radius 3 is 2.46 bits per heavy atom. The molecule has 7 heteroatoms. The van der Waals surface area contributed by atoms with Crippen LogP contribution in [0.5, 0.6) is 0 Å². The molecule has 2 aromatic carbocycles. The predicted octanol–water partition coefficient (Wildman–Crippen LogP) is 3.89. The summed E-state index contributed by atoms with van der Waals surface area (Å²) in [6.45, 7) is 0. The highest BCUT2D eigenvalue weighted by atomic mass is 35.5. The second-order valence-corrected chi connectivity index (χ2v) is 6.17. The number of hydrogen-bond donors (Lipinski definition) is 1. The number of imide groups is 1. The minimum atomic E-state index is -0.514. The molecule has 0 saturated carbocycles. The molecular formula is C17H10Cl2N2O2S. The molecule has 1 aliphatic rings. The molecule has 1 N–H and O–H groups in total. The molecule has 0 aliphatic carbocycles. The maximum atomic E-state index is 12.5. The van der Waals surface area contributed by atoms with Crippen molar-refractivity contribution in [2.75, 3.05) is 0 Å². The predicted molar refractivity (Wildman–Crippen MR) is 97.8 cm³/mol. The fourth-order valence-corrected chi connectivity index (χ4v) is 2.78. The summed E-state index contributed by atoms with van der Waals surface area (Å²) in [5.41, 5.74) is 1.24. The van der Waals surface area contributed by atoms with E-state index in [2.05, 4.69) is 5.32 Å². The second-order valence-electron chi connectivity index (χ2n) is 4.97. The van der Waals surface area contributed by atoms with E-state index in [-0.39, 0.29) is 10.8 Å². The number of benzene rings is 2. The van der Waals surface area contributed by atoms with Crippen LogP contribution >= 0.6 is 35.4 Å². The van der Waals surface area contributed by atoms with Crippen molar-refractivity contribution in [3.05, 3.63) is 75.4 Å². The molecule has 3 rings (SSSR count). The van der Waals surface area contributed by atoms with Crippen molar-refractivity contribution in [3.8, 4) is 0 Å². The van der Waals surface area contributed by atoms with Crippen molar-refractivity contribution in [1.29, 1.82) is 0 Å². The maximum Gasteiger partial charge on any atom is 0.283 e. The Labute approximate surface area is 153 Å². The number of halogens is 2. The zero-order valence-electron chi connectivity index (χ0n) is 12.1. The number of hydrogen-bond acceptors (Lipinski definition) is 3. The van der Waals surface area contributed by atoms with Gasteiger partial charge in [-0.1, -0.05) is 47.5 Å². The third-order valence-electron chi connectivity index (χ3n) is 3.36. The molecule has 120 valence electrons. The van der Waals surface area contributed by atoms with Gasteiger partial charge in [0.2, 0.25) is 0 Å². The zero-order chi connectivity index (χ0) is 17.3. The number of nitrogens with zero attached hydrogens (tertiary/aromatic N) is 1. The normalized spacial score (nSPS) is 15.8. The molecule has 1 aliphatic heterocycles. The van der Waals surface area contributed by atoms with Crippen LogP contribution in [0.15, 0.2) is 54.2 Å². The lowest BCUT2D eigenvalue weighted by molar-refractivity contribution is -0.120. The van der Waals surface area contributed by atoms with Gasteiger partial charge in [0, 0.05) is 5.56 Å². The zero-order valence-corrected chi connectivity index (χ0v) is 14.5. The largest absolute Gasteiger partial charge is 0.327 e. The Morgan fingerprint density at radius 1 is 1.08 bits per heavy atom. The van der Waals surface area contributed by atoms with Gasteiger partial charge in [0.15, 0.2) is 5.11 Å². The van der Waals surface area contributed by atoms with Gasteiger partial charge in [-0.15, -0.1) is 0 Å².